The molecule has 1 aliphatic rings. The highest BCUT2D eigenvalue weighted by Crippen LogP contribution is 2.29. The second-order valence-corrected chi connectivity index (χ2v) is 8.53. The van der Waals surface area contributed by atoms with E-state index in [9.17, 15) is 0 Å². The van der Waals surface area contributed by atoms with E-state index in [4.69, 9.17) is 23.4 Å². The zero-order chi connectivity index (χ0) is 20.5. The van der Waals surface area contributed by atoms with Gasteiger partial charge >= 0.3 is 0 Å². The summed E-state index contributed by atoms with van der Waals surface area (Å²) in [5.41, 5.74) is 2.22. The number of para-hydroxylation sites is 1. The molecule has 0 bridgehead atoms. The van der Waals surface area contributed by atoms with Crippen LogP contribution in [0.2, 0.25) is 5.02 Å². The van der Waals surface area contributed by atoms with Crippen molar-refractivity contribution in [2.24, 2.45) is 0 Å². The summed E-state index contributed by atoms with van der Waals surface area (Å²) in [7, 11) is 4.31. The number of anilines is 3. The van der Waals surface area contributed by atoms with E-state index in [-0.39, 0.29) is 0 Å². The first kappa shape index (κ1) is 20.2. The van der Waals surface area contributed by atoms with Gasteiger partial charge in [-0.1, -0.05) is 17.7 Å². The summed E-state index contributed by atoms with van der Waals surface area (Å²) < 4.78 is 1.43. The largest absolute Gasteiger partial charge is 0.367 e. The molecule has 7 nitrogen and oxygen atoms in total. The molecule has 1 aromatic carbocycles. The maximum atomic E-state index is 6.41. The Hall–Kier alpha value is -2.09. The Labute approximate surface area is 180 Å². The van der Waals surface area contributed by atoms with Gasteiger partial charge < -0.3 is 10.2 Å². The maximum Gasteiger partial charge on any atom is 0.231 e. The molecule has 154 valence electrons. The zero-order valence-corrected chi connectivity index (χ0v) is 18.3. The maximum absolute atomic E-state index is 6.41. The van der Waals surface area contributed by atoms with Crippen LogP contribution < -0.4 is 10.6 Å². The molecule has 3 aromatic rings. The van der Waals surface area contributed by atoms with Gasteiger partial charge in [-0.05, 0) is 58.8 Å². The van der Waals surface area contributed by atoms with Crippen molar-refractivity contribution >= 4 is 52.1 Å². The van der Waals surface area contributed by atoms with Crippen LogP contribution in [0.25, 0.3) is 11.0 Å². The number of benzene rings is 1. The highest BCUT2D eigenvalue weighted by molar-refractivity contribution is 6.35. The van der Waals surface area contributed by atoms with Gasteiger partial charge in [0.1, 0.15) is 11.3 Å². The molecule has 0 spiro atoms. The fraction of sp³-hybridized carbons (Fsp3) is 0.450. The molecule has 0 aliphatic heterocycles. The van der Waals surface area contributed by atoms with Gasteiger partial charge in [-0.25, -0.2) is 14.1 Å². The molecule has 29 heavy (non-hydrogen) atoms. The molecule has 0 saturated heterocycles. The number of aryl methyl sites for hydroxylation is 1. The molecule has 2 N–H and O–H groups in total. The van der Waals surface area contributed by atoms with Gasteiger partial charge in [0.2, 0.25) is 11.9 Å². The van der Waals surface area contributed by atoms with Crippen LogP contribution in [0.1, 0.15) is 31.4 Å². The Kier molecular flexibility index (Phi) is 5.81. The van der Waals surface area contributed by atoms with Crippen molar-refractivity contribution in [3.63, 3.8) is 0 Å². The smallest absolute Gasteiger partial charge is 0.231 e. The molecular weight excluding hydrogens is 409 g/mol. The molecule has 2 heterocycles. The quantitative estimate of drug-likeness (QED) is 0.600. The summed E-state index contributed by atoms with van der Waals surface area (Å²) in [6.45, 7) is 1.95. The third-order valence-corrected chi connectivity index (χ3v) is 6.08. The molecule has 0 amide bonds. The Balaban J connectivity index is 1.51. The van der Waals surface area contributed by atoms with Crippen LogP contribution in [-0.2, 0) is 0 Å². The average molecular weight is 434 g/mol. The van der Waals surface area contributed by atoms with Gasteiger partial charge in [0.15, 0.2) is 0 Å². The van der Waals surface area contributed by atoms with Crippen molar-refractivity contribution in [1.29, 1.82) is 0 Å². The molecular formula is C20H25Cl2N7. The van der Waals surface area contributed by atoms with E-state index in [1.807, 2.05) is 25.1 Å². The van der Waals surface area contributed by atoms with Gasteiger partial charge in [-0.15, -0.1) is 0 Å². The van der Waals surface area contributed by atoms with E-state index in [2.05, 4.69) is 44.6 Å². The van der Waals surface area contributed by atoms with Crippen molar-refractivity contribution in [3.8, 4) is 0 Å². The third-order valence-electron chi connectivity index (χ3n) is 5.44. The summed E-state index contributed by atoms with van der Waals surface area (Å²) in [6, 6.07) is 8.54. The fourth-order valence-electron chi connectivity index (χ4n) is 3.86. The van der Waals surface area contributed by atoms with E-state index in [0.717, 1.165) is 29.9 Å². The number of rotatable bonds is 5. The molecule has 9 heteroatoms. The van der Waals surface area contributed by atoms with E-state index in [1.165, 1.54) is 16.9 Å². The average Bonchev–Trinajstić information content (AvgIpc) is 2.99. The Morgan fingerprint density at radius 1 is 1.10 bits per heavy atom. The zero-order valence-electron chi connectivity index (χ0n) is 16.8. The van der Waals surface area contributed by atoms with Gasteiger partial charge in [0, 0.05) is 35.6 Å². The first-order chi connectivity index (χ1) is 13.9. The summed E-state index contributed by atoms with van der Waals surface area (Å²) in [4.78, 5) is 15.9. The first-order valence-corrected chi connectivity index (χ1v) is 10.5. The second-order valence-electron chi connectivity index (χ2n) is 7.78. The number of halogens is 2. The monoisotopic (exact) mass is 433 g/mol. The highest BCUT2D eigenvalue weighted by Gasteiger charge is 2.23. The van der Waals surface area contributed by atoms with Crippen molar-refractivity contribution in [2.75, 3.05) is 24.7 Å². The molecule has 4 rings (SSSR count). The predicted octanol–water partition coefficient (Wildman–Crippen LogP) is 4.82. The number of nitrogens with one attached hydrogen (secondary N) is 2. The van der Waals surface area contributed by atoms with Crippen LogP contribution >= 0.6 is 23.4 Å². The third kappa shape index (κ3) is 4.42. The van der Waals surface area contributed by atoms with Crippen LogP contribution in [0, 0.1) is 6.92 Å². The highest BCUT2D eigenvalue weighted by atomic mass is 35.5. The predicted molar refractivity (Wildman–Crippen MR) is 119 cm³/mol. The number of hydrogen-bond acceptors (Lipinski definition) is 6. The summed E-state index contributed by atoms with van der Waals surface area (Å²) in [6.07, 6.45) is 4.64. The summed E-state index contributed by atoms with van der Waals surface area (Å²) in [5.74, 6) is 1.68. The van der Waals surface area contributed by atoms with Crippen molar-refractivity contribution in [3.05, 3.63) is 35.0 Å². The lowest BCUT2D eigenvalue weighted by atomic mass is 9.90. The van der Waals surface area contributed by atoms with Crippen LogP contribution in [0.15, 0.2) is 24.3 Å². The topological polar surface area (TPSA) is 70.9 Å². The van der Waals surface area contributed by atoms with Gasteiger partial charge in [0.25, 0.3) is 0 Å². The van der Waals surface area contributed by atoms with Gasteiger partial charge in [0.05, 0.1) is 10.5 Å². The lowest BCUT2D eigenvalue weighted by molar-refractivity contribution is 0.221. The van der Waals surface area contributed by atoms with Crippen LogP contribution in [0.3, 0.4) is 0 Å². The van der Waals surface area contributed by atoms with Gasteiger partial charge in [-0.2, -0.15) is 4.98 Å². The lowest BCUT2D eigenvalue weighted by Crippen LogP contribution is -2.36. The Morgan fingerprint density at radius 3 is 2.55 bits per heavy atom. The molecule has 1 fully saturated rings. The van der Waals surface area contributed by atoms with Crippen molar-refractivity contribution in [2.45, 2.75) is 44.7 Å². The molecule has 0 radical (unpaired) electrons. The number of fused-ring (bicyclic) bond motifs is 1. The molecule has 2 aromatic heterocycles. The minimum Gasteiger partial charge on any atom is -0.367 e. The number of imidazole rings is 1. The van der Waals surface area contributed by atoms with E-state index >= 15 is 0 Å². The number of nitrogens with zero attached hydrogens (tertiary/aromatic N) is 5. The Bertz CT molecular complexity index is 1010. The summed E-state index contributed by atoms with van der Waals surface area (Å²) >= 11 is 12.6. The number of aromatic nitrogens is 4. The Morgan fingerprint density at radius 2 is 1.86 bits per heavy atom. The molecule has 0 unspecified atom stereocenters. The van der Waals surface area contributed by atoms with Gasteiger partial charge in [-0.3, -0.25) is 5.32 Å². The van der Waals surface area contributed by atoms with E-state index in [0.29, 0.717) is 34.5 Å². The summed E-state index contributed by atoms with van der Waals surface area (Å²) in [5, 5.41) is 7.24. The molecule has 0 atom stereocenters. The SMILES string of the molecule is Cc1cc(NC2CCC(N(C)C)CC2)nc(Nc2nc3c(Cl)cccc3n2Cl)n1. The van der Waals surface area contributed by atoms with Crippen molar-refractivity contribution < 1.29 is 0 Å². The van der Waals surface area contributed by atoms with Crippen LogP contribution in [0.4, 0.5) is 17.7 Å². The second kappa shape index (κ2) is 8.34. The normalized spacial score (nSPS) is 19.7. The van der Waals surface area contributed by atoms with Crippen molar-refractivity contribution in [1.82, 2.24) is 23.9 Å². The van der Waals surface area contributed by atoms with E-state index in [1.54, 1.807) is 6.07 Å². The standard InChI is InChI=1S/C20H25Cl2N7/c1-12-11-17(24-13-7-9-14(10-8-13)28(2)3)25-19(23-12)27-20-26-18-15(21)5-4-6-16(18)29(20)22/h4-6,11,13-14H,7-10H2,1-3H3,(H2,23,24,25,26,27). The first-order valence-electron chi connectivity index (χ1n) is 9.79. The molecule has 1 aliphatic carbocycles. The fourth-order valence-corrected chi connectivity index (χ4v) is 4.29. The minimum atomic E-state index is 0.421. The van der Waals surface area contributed by atoms with E-state index < -0.39 is 0 Å². The number of hydrogen-bond donors (Lipinski definition) is 2. The lowest BCUT2D eigenvalue weighted by Gasteiger charge is -2.33. The molecule has 1 saturated carbocycles. The van der Waals surface area contributed by atoms with Crippen LogP contribution in [0.5, 0.6) is 0 Å². The van der Waals surface area contributed by atoms with Crippen LogP contribution in [-0.4, -0.2) is 50.1 Å². The minimum absolute atomic E-state index is 0.421.